The van der Waals surface area contributed by atoms with Crippen molar-refractivity contribution in [2.45, 2.75) is 18.0 Å². The predicted octanol–water partition coefficient (Wildman–Crippen LogP) is 4.62. The molecule has 3 aromatic rings. The highest BCUT2D eigenvalue weighted by Gasteiger charge is 2.34. The van der Waals surface area contributed by atoms with Gasteiger partial charge in [0.15, 0.2) is 0 Å². The van der Waals surface area contributed by atoms with Crippen LogP contribution >= 0.6 is 27.7 Å². The van der Waals surface area contributed by atoms with Gasteiger partial charge in [0.25, 0.3) is 5.91 Å². The van der Waals surface area contributed by atoms with E-state index in [-0.39, 0.29) is 17.7 Å². The third kappa shape index (κ3) is 4.26. The summed E-state index contributed by atoms with van der Waals surface area (Å²) >= 11 is 4.79. The monoisotopic (exact) mass is 525 g/mol. The SMILES string of the molecule is O=C(NN1C(=O)CCSC1c1ccc(Br)cc1)c1c[nH]c2c(C(F)(F)F)cccc2c1=O. The molecule has 1 fully saturated rings. The highest BCUT2D eigenvalue weighted by atomic mass is 79.9. The maximum absolute atomic E-state index is 13.2. The average molecular weight is 526 g/mol. The number of hydrazine groups is 1. The van der Waals surface area contributed by atoms with E-state index in [1.807, 2.05) is 0 Å². The van der Waals surface area contributed by atoms with Crippen LogP contribution in [0.15, 0.2) is 57.9 Å². The number of nitrogens with zero attached hydrogens (tertiary/aromatic N) is 1. The van der Waals surface area contributed by atoms with Crippen LogP contribution in [0.2, 0.25) is 0 Å². The number of carbonyl (C=O) groups excluding carboxylic acids is 2. The Morgan fingerprint density at radius 3 is 2.56 bits per heavy atom. The number of aromatic nitrogens is 1. The van der Waals surface area contributed by atoms with Gasteiger partial charge in [-0.25, -0.2) is 5.01 Å². The summed E-state index contributed by atoms with van der Waals surface area (Å²) in [6.45, 7) is 0. The zero-order valence-corrected chi connectivity index (χ0v) is 18.6. The van der Waals surface area contributed by atoms with Crippen LogP contribution in [0.1, 0.15) is 33.3 Å². The minimum atomic E-state index is -4.67. The molecule has 0 aliphatic carbocycles. The van der Waals surface area contributed by atoms with Crippen molar-refractivity contribution >= 4 is 50.4 Å². The fourth-order valence-corrected chi connectivity index (χ4v) is 4.85. The topological polar surface area (TPSA) is 82.3 Å². The van der Waals surface area contributed by atoms with Crippen molar-refractivity contribution < 1.29 is 22.8 Å². The molecule has 1 atom stereocenters. The van der Waals surface area contributed by atoms with Crippen LogP contribution in [-0.4, -0.2) is 27.6 Å². The number of nitrogens with one attached hydrogen (secondary N) is 2. The summed E-state index contributed by atoms with van der Waals surface area (Å²) in [4.78, 5) is 40.6. The molecule has 1 unspecified atom stereocenters. The molecule has 2 aromatic carbocycles. The molecular weight excluding hydrogens is 511 g/mol. The summed E-state index contributed by atoms with van der Waals surface area (Å²) in [5.41, 5.74) is 0.579. The number of rotatable bonds is 3. The van der Waals surface area contributed by atoms with E-state index in [0.717, 1.165) is 33.4 Å². The zero-order chi connectivity index (χ0) is 23.0. The van der Waals surface area contributed by atoms with E-state index in [1.165, 1.54) is 17.8 Å². The number of amides is 2. The van der Waals surface area contributed by atoms with Gasteiger partial charge >= 0.3 is 6.18 Å². The van der Waals surface area contributed by atoms with Gasteiger partial charge in [-0.15, -0.1) is 11.8 Å². The first kappa shape index (κ1) is 22.4. The number of fused-ring (bicyclic) bond motifs is 1. The van der Waals surface area contributed by atoms with Gasteiger partial charge in [-0.2, -0.15) is 13.2 Å². The van der Waals surface area contributed by atoms with Crippen LogP contribution in [0.3, 0.4) is 0 Å². The van der Waals surface area contributed by atoms with E-state index in [9.17, 15) is 27.6 Å². The molecule has 0 bridgehead atoms. The Labute approximate surface area is 192 Å². The van der Waals surface area contributed by atoms with E-state index in [4.69, 9.17) is 0 Å². The maximum Gasteiger partial charge on any atom is 0.418 e. The Kier molecular flexibility index (Phi) is 6.04. The summed E-state index contributed by atoms with van der Waals surface area (Å²) < 4.78 is 40.6. The molecule has 2 N–H and O–H groups in total. The lowest BCUT2D eigenvalue weighted by atomic mass is 10.1. The predicted molar refractivity (Wildman–Crippen MR) is 118 cm³/mol. The quantitative estimate of drug-likeness (QED) is 0.522. The number of thioether (sulfide) groups is 1. The fourth-order valence-electron chi connectivity index (χ4n) is 3.40. The zero-order valence-electron chi connectivity index (χ0n) is 16.2. The molecule has 0 radical (unpaired) electrons. The summed E-state index contributed by atoms with van der Waals surface area (Å²) in [5.74, 6) is -0.659. The van der Waals surface area contributed by atoms with E-state index in [2.05, 4.69) is 26.3 Å². The lowest BCUT2D eigenvalue weighted by Gasteiger charge is -2.35. The van der Waals surface area contributed by atoms with Crippen molar-refractivity contribution in [1.29, 1.82) is 0 Å². The van der Waals surface area contributed by atoms with Crippen LogP contribution in [0, 0.1) is 0 Å². The van der Waals surface area contributed by atoms with Crippen molar-refractivity contribution in [2.75, 3.05) is 5.75 Å². The summed E-state index contributed by atoms with van der Waals surface area (Å²) in [5, 5.41) is 0.385. The number of para-hydroxylation sites is 1. The van der Waals surface area contributed by atoms with E-state index >= 15 is 0 Å². The lowest BCUT2D eigenvalue weighted by molar-refractivity contribution is -0.136. The highest BCUT2D eigenvalue weighted by Crippen LogP contribution is 2.37. The Morgan fingerprint density at radius 2 is 1.88 bits per heavy atom. The molecule has 6 nitrogen and oxygen atoms in total. The van der Waals surface area contributed by atoms with Gasteiger partial charge in [0, 0.05) is 28.2 Å². The van der Waals surface area contributed by atoms with Crippen LogP contribution in [0.4, 0.5) is 13.2 Å². The van der Waals surface area contributed by atoms with Crippen LogP contribution in [0.5, 0.6) is 0 Å². The Hall–Kier alpha value is -2.79. The fraction of sp³-hybridized carbons (Fsp3) is 0.190. The lowest BCUT2D eigenvalue weighted by Crippen LogP contribution is -2.50. The second-order valence-electron chi connectivity index (χ2n) is 6.99. The first-order valence-corrected chi connectivity index (χ1v) is 11.2. The molecule has 1 saturated heterocycles. The van der Waals surface area contributed by atoms with Crippen molar-refractivity contribution in [3.05, 3.63) is 80.0 Å². The summed E-state index contributed by atoms with van der Waals surface area (Å²) in [7, 11) is 0. The molecule has 2 amide bonds. The van der Waals surface area contributed by atoms with Crippen LogP contribution in [-0.2, 0) is 11.0 Å². The van der Waals surface area contributed by atoms with Crippen molar-refractivity contribution in [3.63, 3.8) is 0 Å². The number of alkyl halides is 3. The number of carbonyl (C=O) groups is 2. The summed E-state index contributed by atoms with van der Waals surface area (Å²) in [6, 6.07) is 10.4. The molecule has 11 heteroatoms. The molecule has 1 aliphatic heterocycles. The number of benzene rings is 2. The molecule has 1 aromatic heterocycles. The van der Waals surface area contributed by atoms with Crippen molar-refractivity contribution in [3.8, 4) is 0 Å². The van der Waals surface area contributed by atoms with E-state index in [0.29, 0.717) is 5.75 Å². The summed E-state index contributed by atoms with van der Waals surface area (Å²) in [6.07, 6.45) is -3.53. The standard InChI is InChI=1S/C21H15BrF3N3O3S/c22-12-6-4-11(5-7-12)20-28(16(29)8-9-32-20)27-19(31)14-10-26-17-13(18(14)30)2-1-3-15(17)21(23,24)25/h1-7,10,20H,8-9H2,(H,26,30)(H,27,31). The molecule has 1 aliphatic rings. The number of aromatic amines is 1. The number of pyridine rings is 1. The van der Waals surface area contributed by atoms with E-state index in [1.54, 1.807) is 24.3 Å². The molecule has 166 valence electrons. The minimum absolute atomic E-state index is 0.195. The van der Waals surface area contributed by atoms with Crippen molar-refractivity contribution in [2.24, 2.45) is 0 Å². The largest absolute Gasteiger partial charge is 0.418 e. The molecule has 4 rings (SSSR count). The maximum atomic E-state index is 13.2. The van der Waals surface area contributed by atoms with Gasteiger partial charge in [0.1, 0.15) is 10.9 Å². The van der Waals surface area contributed by atoms with Gasteiger partial charge in [0.2, 0.25) is 11.3 Å². The Bertz CT molecular complexity index is 1260. The van der Waals surface area contributed by atoms with Gasteiger partial charge < -0.3 is 4.98 Å². The highest BCUT2D eigenvalue weighted by molar-refractivity contribution is 9.10. The van der Waals surface area contributed by atoms with Crippen LogP contribution < -0.4 is 10.9 Å². The average Bonchev–Trinajstić information content (AvgIpc) is 2.75. The van der Waals surface area contributed by atoms with Gasteiger partial charge in [0.05, 0.1) is 11.1 Å². The number of hydrogen-bond donors (Lipinski definition) is 2. The number of hydrogen-bond acceptors (Lipinski definition) is 4. The smallest absolute Gasteiger partial charge is 0.360 e. The Balaban J connectivity index is 1.68. The normalized spacial score (nSPS) is 16.9. The Morgan fingerprint density at radius 1 is 1.16 bits per heavy atom. The molecule has 32 heavy (non-hydrogen) atoms. The van der Waals surface area contributed by atoms with Crippen LogP contribution in [0.25, 0.3) is 10.9 Å². The second-order valence-corrected chi connectivity index (χ2v) is 9.09. The number of halogens is 4. The number of H-pyrrole nitrogens is 1. The molecular formula is C21H15BrF3N3O3S. The van der Waals surface area contributed by atoms with E-state index < -0.39 is 39.5 Å². The van der Waals surface area contributed by atoms with Gasteiger partial charge in [-0.1, -0.05) is 34.1 Å². The first-order valence-electron chi connectivity index (χ1n) is 9.38. The molecule has 2 heterocycles. The van der Waals surface area contributed by atoms with Gasteiger partial charge in [-0.3, -0.25) is 19.8 Å². The first-order chi connectivity index (χ1) is 15.2. The second kappa shape index (κ2) is 8.62. The third-order valence-corrected chi connectivity index (χ3v) is 6.70. The molecule has 0 spiro atoms. The third-order valence-electron chi connectivity index (χ3n) is 4.94. The van der Waals surface area contributed by atoms with Crippen molar-refractivity contribution in [1.82, 2.24) is 15.4 Å². The minimum Gasteiger partial charge on any atom is -0.360 e. The molecule has 0 saturated carbocycles. The van der Waals surface area contributed by atoms with Gasteiger partial charge in [-0.05, 0) is 29.8 Å².